The van der Waals surface area contributed by atoms with Crippen LogP contribution in [-0.2, 0) is 14.8 Å². The molecule has 0 fully saturated rings. The highest BCUT2D eigenvalue weighted by molar-refractivity contribution is 7.89. The maximum absolute atomic E-state index is 13.4. The Kier molecular flexibility index (Phi) is 6.46. The van der Waals surface area contributed by atoms with Crippen molar-refractivity contribution in [3.63, 3.8) is 0 Å². The first-order valence-corrected chi connectivity index (χ1v) is 9.01. The number of hydrogen-bond donors (Lipinski definition) is 3. The fourth-order valence-electron chi connectivity index (χ4n) is 1.86. The van der Waals surface area contributed by atoms with Gasteiger partial charge in [-0.3, -0.25) is 15.6 Å². The van der Waals surface area contributed by atoms with E-state index in [9.17, 15) is 26.4 Å². The smallest absolute Gasteiger partial charge is 0.242 e. The summed E-state index contributed by atoms with van der Waals surface area (Å²) < 4.78 is 65.6. The summed E-state index contributed by atoms with van der Waals surface area (Å²) in [6.45, 7) is -0.263. The maximum atomic E-state index is 13.4. The molecule has 0 aliphatic heterocycles. The average Bonchev–Trinajstić information content (AvgIpc) is 2.59. The summed E-state index contributed by atoms with van der Waals surface area (Å²) >= 11 is 5.81. The lowest BCUT2D eigenvalue weighted by atomic mass is 10.3. The summed E-state index contributed by atoms with van der Waals surface area (Å²) in [5.41, 5.74) is 3.66. The van der Waals surface area contributed by atoms with E-state index in [1.165, 1.54) is 18.2 Å². The Bertz CT molecular complexity index is 926. The van der Waals surface area contributed by atoms with Gasteiger partial charge in [-0.15, -0.1) is 0 Å². The van der Waals surface area contributed by atoms with E-state index in [2.05, 4.69) is 10.1 Å². The summed E-state index contributed by atoms with van der Waals surface area (Å²) in [7, 11) is -3.90. The van der Waals surface area contributed by atoms with Gasteiger partial charge in [0.25, 0.3) is 0 Å². The predicted octanol–water partition coefficient (Wildman–Crippen LogP) is 2.57. The van der Waals surface area contributed by atoms with Crippen molar-refractivity contribution in [1.29, 1.82) is 0 Å². The van der Waals surface area contributed by atoms with Gasteiger partial charge in [-0.2, -0.15) is 0 Å². The molecule has 2 rings (SSSR count). The number of nitrogens with one attached hydrogen (secondary N) is 3. The van der Waals surface area contributed by atoms with Crippen molar-refractivity contribution in [2.24, 2.45) is 0 Å². The Balaban J connectivity index is 1.86. The quantitative estimate of drug-likeness (QED) is 0.486. The summed E-state index contributed by atoms with van der Waals surface area (Å²) in [5, 5.41) is 0.0277. The Morgan fingerprint density at radius 3 is 2.42 bits per heavy atom. The molecule has 11 heteroatoms. The van der Waals surface area contributed by atoms with E-state index in [4.69, 9.17) is 11.6 Å². The number of rotatable bonds is 7. The zero-order chi connectivity index (χ0) is 19.3. The molecule has 0 saturated carbocycles. The van der Waals surface area contributed by atoms with Gasteiger partial charge in [0.1, 0.15) is 4.90 Å². The Hall–Kier alpha value is -2.30. The first-order valence-electron chi connectivity index (χ1n) is 7.15. The minimum absolute atomic E-state index is 0.0277. The molecule has 0 spiro atoms. The summed E-state index contributed by atoms with van der Waals surface area (Å²) in [4.78, 5) is 11.5. The van der Waals surface area contributed by atoms with Crippen LogP contribution in [0.1, 0.15) is 6.42 Å². The van der Waals surface area contributed by atoms with Crippen LogP contribution in [0.25, 0.3) is 0 Å². The first kappa shape index (κ1) is 20.0. The number of sulfonamides is 1. The molecule has 0 radical (unpaired) electrons. The van der Waals surface area contributed by atoms with Crippen LogP contribution in [0.3, 0.4) is 0 Å². The molecule has 0 bridgehead atoms. The van der Waals surface area contributed by atoms with Gasteiger partial charge >= 0.3 is 0 Å². The van der Waals surface area contributed by atoms with Gasteiger partial charge in [0.2, 0.25) is 15.9 Å². The topological polar surface area (TPSA) is 87.3 Å². The second-order valence-electron chi connectivity index (χ2n) is 4.97. The van der Waals surface area contributed by atoms with Crippen LogP contribution in [0.4, 0.5) is 18.9 Å². The number of amides is 1. The lowest BCUT2D eigenvalue weighted by Gasteiger charge is -2.11. The van der Waals surface area contributed by atoms with Crippen molar-refractivity contribution >= 4 is 33.2 Å². The molecule has 6 nitrogen and oxygen atoms in total. The standard InChI is InChI=1S/C15H13ClF3N3O3S/c16-9-3-1-2-4-12(9)26(24,25)20-8-7-13(23)22-21-11-6-5-10(17)14(18)15(11)19/h1-6,20-21H,7-8H2,(H,22,23). The van der Waals surface area contributed by atoms with Crippen LogP contribution in [0.15, 0.2) is 41.3 Å². The molecule has 0 unspecified atom stereocenters. The molecule has 2 aromatic carbocycles. The molecular formula is C15H13ClF3N3O3S. The van der Waals surface area contributed by atoms with Gasteiger partial charge in [-0.25, -0.2) is 26.3 Å². The largest absolute Gasteiger partial charge is 0.296 e. The highest BCUT2D eigenvalue weighted by atomic mass is 35.5. The highest BCUT2D eigenvalue weighted by Crippen LogP contribution is 2.20. The van der Waals surface area contributed by atoms with E-state index in [0.717, 1.165) is 6.07 Å². The van der Waals surface area contributed by atoms with Crippen LogP contribution >= 0.6 is 11.6 Å². The van der Waals surface area contributed by atoms with E-state index in [-0.39, 0.29) is 22.9 Å². The van der Waals surface area contributed by atoms with Crippen LogP contribution in [0.5, 0.6) is 0 Å². The lowest BCUT2D eigenvalue weighted by Crippen LogP contribution is -2.34. The van der Waals surface area contributed by atoms with E-state index < -0.39 is 39.1 Å². The van der Waals surface area contributed by atoms with Crippen molar-refractivity contribution in [1.82, 2.24) is 10.1 Å². The monoisotopic (exact) mass is 407 g/mol. The molecular weight excluding hydrogens is 395 g/mol. The average molecular weight is 408 g/mol. The Morgan fingerprint density at radius 2 is 1.73 bits per heavy atom. The second-order valence-corrected chi connectivity index (χ2v) is 7.12. The van der Waals surface area contributed by atoms with Crippen molar-refractivity contribution in [3.8, 4) is 0 Å². The molecule has 26 heavy (non-hydrogen) atoms. The van der Waals surface area contributed by atoms with E-state index >= 15 is 0 Å². The van der Waals surface area contributed by atoms with E-state index in [1.807, 2.05) is 5.43 Å². The fourth-order valence-corrected chi connectivity index (χ4v) is 3.41. The van der Waals surface area contributed by atoms with Gasteiger partial charge in [0, 0.05) is 13.0 Å². The third-order valence-corrected chi connectivity index (χ3v) is 5.10. The van der Waals surface area contributed by atoms with E-state index in [0.29, 0.717) is 6.07 Å². The lowest BCUT2D eigenvalue weighted by molar-refractivity contribution is -0.120. The van der Waals surface area contributed by atoms with E-state index in [1.54, 1.807) is 6.07 Å². The molecule has 0 aliphatic rings. The van der Waals surface area contributed by atoms with Gasteiger partial charge in [0.15, 0.2) is 17.5 Å². The minimum atomic E-state index is -3.90. The number of hydrogen-bond acceptors (Lipinski definition) is 4. The highest BCUT2D eigenvalue weighted by Gasteiger charge is 2.17. The number of benzene rings is 2. The van der Waals surface area contributed by atoms with Crippen molar-refractivity contribution < 1.29 is 26.4 Å². The van der Waals surface area contributed by atoms with Crippen molar-refractivity contribution in [3.05, 3.63) is 58.9 Å². The predicted molar refractivity (Wildman–Crippen MR) is 89.3 cm³/mol. The zero-order valence-corrected chi connectivity index (χ0v) is 14.6. The minimum Gasteiger partial charge on any atom is -0.296 e. The van der Waals surface area contributed by atoms with Crippen LogP contribution in [0.2, 0.25) is 5.02 Å². The van der Waals surface area contributed by atoms with Crippen LogP contribution in [-0.4, -0.2) is 20.9 Å². The summed E-state index contributed by atoms with van der Waals surface area (Å²) in [5.74, 6) is -5.26. The third-order valence-electron chi connectivity index (χ3n) is 3.14. The number of halogens is 4. The van der Waals surface area contributed by atoms with Crippen LogP contribution < -0.4 is 15.6 Å². The molecule has 0 atom stereocenters. The number of carbonyl (C=O) groups is 1. The summed E-state index contributed by atoms with van der Waals surface area (Å²) in [6.07, 6.45) is -0.304. The summed E-state index contributed by atoms with van der Waals surface area (Å²) in [6, 6.07) is 7.35. The second kappa shape index (κ2) is 8.39. The number of carbonyl (C=O) groups excluding carboxylic acids is 1. The van der Waals surface area contributed by atoms with Gasteiger partial charge in [0.05, 0.1) is 10.7 Å². The first-order chi connectivity index (χ1) is 12.2. The maximum Gasteiger partial charge on any atom is 0.242 e. The van der Waals surface area contributed by atoms with Crippen LogP contribution in [0, 0.1) is 17.5 Å². The van der Waals surface area contributed by atoms with Gasteiger partial charge < -0.3 is 0 Å². The zero-order valence-electron chi connectivity index (χ0n) is 13.0. The SMILES string of the molecule is O=C(CCNS(=O)(=O)c1ccccc1Cl)NNc1ccc(F)c(F)c1F. The van der Waals surface area contributed by atoms with Gasteiger partial charge in [-0.05, 0) is 24.3 Å². The normalized spacial score (nSPS) is 11.2. The van der Waals surface area contributed by atoms with Gasteiger partial charge in [-0.1, -0.05) is 23.7 Å². The number of anilines is 1. The Labute approximate surface area is 152 Å². The fraction of sp³-hybridized carbons (Fsp3) is 0.133. The molecule has 1 amide bonds. The molecule has 0 aromatic heterocycles. The molecule has 3 N–H and O–H groups in total. The number of hydrazine groups is 1. The molecule has 0 saturated heterocycles. The molecule has 0 aliphatic carbocycles. The molecule has 140 valence electrons. The molecule has 2 aromatic rings. The van der Waals surface area contributed by atoms with Crippen molar-refractivity contribution in [2.45, 2.75) is 11.3 Å². The molecule has 0 heterocycles. The van der Waals surface area contributed by atoms with Crippen molar-refractivity contribution in [2.75, 3.05) is 12.0 Å². The Morgan fingerprint density at radius 1 is 1.04 bits per heavy atom. The third kappa shape index (κ3) is 4.87.